The molecule has 0 amide bonds. The Morgan fingerprint density at radius 3 is 2.68 bits per heavy atom. The maximum Gasteiger partial charge on any atom is 0.137 e. The molecule has 3 aromatic rings. The van der Waals surface area contributed by atoms with Crippen LogP contribution in [0.15, 0.2) is 41.0 Å². The van der Waals surface area contributed by atoms with Gasteiger partial charge in [-0.05, 0) is 53.5 Å². The molecule has 0 radical (unpaired) electrons. The lowest BCUT2D eigenvalue weighted by Gasteiger charge is -2.06. The Bertz CT molecular complexity index is 777. The summed E-state index contributed by atoms with van der Waals surface area (Å²) in [6, 6.07) is 8.76. The van der Waals surface area contributed by atoms with Crippen LogP contribution in [0, 0.1) is 19.7 Å². The van der Waals surface area contributed by atoms with E-state index >= 15 is 0 Å². The van der Waals surface area contributed by atoms with Gasteiger partial charge in [0.25, 0.3) is 0 Å². The van der Waals surface area contributed by atoms with E-state index in [9.17, 15) is 4.39 Å². The second-order valence-corrected chi connectivity index (χ2v) is 5.41. The van der Waals surface area contributed by atoms with Crippen LogP contribution in [0.4, 0.5) is 4.39 Å². The van der Waals surface area contributed by atoms with Crippen molar-refractivity contribution in [2.75, 3.05) is 0 Å². The summed E-state index contributed by atoms with van der Waals surface area (Å²) in [6.07, 6.45) is 1.94. The van der Waals surface area contributed by atoms with Crippen molar-refractivity contribution in [2.45, 2.75) is 13.8 Å². The highest BCUT2D eigenvalue weighted by Gasteiger charge is 2.15. The molecule has 2 aromatic heterocycles. The zero-order valence-corrected chi connectivity index (χ0v) is 12.2. The number of aryl methyl sites for hydroxylation is 2. The van der Waals surface area contributed by atoms with Crippen molar-refractivity contribution in [3.8, 4) is 11.3 Å². The van der Waals surface area contributed by atoms with Gasteiger partial charge in [0.1, 0.15) is 11.5 Å². The van der Waals surface area contributed by atoms with Gasteiger partial charge in [0.15, 0.2) is 0 Å². The first-order valence-electron chi connectivity index (χ1n) is 5.97. The second kappa shape index (κ2) is 4.46. The SMILES string of the molecule is Cc1cc2nc(C)c(-c3ccccc3F)n2cc1Br. The van der Waals surface area contributed by atoms with Crippen LogP contribution in [-0.4, -0.2) is 9.38 Å². The van der Waals surface area contributed by atoms with E-state index in [1.807, 2.05) is 36.6 Å². The number of hydrogen-bond acceptors (Lipinski definition) is 1. The summed E-state index contributed by atoms with van der Waals surface area (Å²) in [5.41, 5.74) is 4.13. The number of rotatable bonds is 1. The molecule has 0 saturated carbocycles. The monoisotopic (exact) mass is 318 g/mol. The molecular formula is C15H12BrFN2. The molecule has 1 aromatic carbocycles. The van der Waals surface area contributed by atoms with Gasteiger partial charge in [-0.25, -0.2) is 9.37 Å². The average molecular weight is 319 g/mol. The molecule has 0 saturated heterocycles. The number of aromatic nitrogens is 2. The molecule has 0 bridgehead atoms. The van der Waals surface area contributed by atoms with Crippen LogP contribution in [0.25, 0.3) is 16.9 Å². The fourth-order valence-electron chi connectivity index (χ4n) is 2.26. The summed E-state index contributed by atoms with van der Waals surface area (Å²) in [5, 5.41) is 0. The highest BCUT2D eigenvalue weighted by Crippen LogP contribution is 2.29. The number of hydrogen-bond donors (Lipinski definition) is 0. The van der Waals surface area contributed by atoms with E-state index in [-0.39, 0.29) is 5.82 Å². The maximum absolute atomic E-state index is 14.0. The molecule has 0 aliphatic rings. The first-order valence-corrected chi connectivity index (χ1v) is 6.77. The summed E-state index contributed by atoms with van der Waals surface area (Å²) in [4.78, 5) is 4.51. The number of imidazole rings is 1. The molecule has 0 spiro atoms. The summed E-state index contributed by atoms with van der Waals surface area (Å²) in [7, 11) is 0. The fraction of sp³-hybridized carbons (Fsp3) is 0.133. The van der Waals surface area contributed by atoms with E-state index in [0.29, 0.717) is 5.56 Å². The van der Waals surface area contributed by atoms with E-state index in [1.165, 1.54) is 6.07 Å². The summed E-state index contributed by atoms with van der Waals surface area (Å²) >= 11 is 3.51. The largest absolute Gasteiger partial charge is 0.298 e. The van der Waals surface area contributed by atoms with Crippen LogP contribution in [0.1, 0.15) is 11.3 Å². The van der Waals surface area contributed by atoms with Gasteiger partial charge in [-0.15, -0.1) is 0 Å². The van der Waals surface area contributed by atoms with E-state index in [0.717, 1.165) is 27.1 Å². The second-order valence-electron chi connectivity index (χ2n) is 4.56. The third-order valence-electron chi connectivity index (χ3n) is 3.21. The lowest BCUT2D eigenvalue weighted by Crippen LogP contribution is -1.93. The topological polar surface area (TPSA) is 17.3 Å². The molecule has 3 rings (SSSR count). The average Bonchev–Trinajstić information content (AvgIpc) is 2.66. The van der Waals surface area contributed by atoms with Crippen LogP contribution in [-0.2, 0) is 0 Å². The van der Waals surface area contributed by atoms with E-state index in [2.05, 4.69) is 20.9 Å². The zero-order valence-electron chi connectivity index (χ0n) is 10.6. The Hall–Kier alpha value is -1.68. The standard InChI is InChI=1S/C15H12BrFN2/c1-9-7-14-18-10(2)15(19(14)8-12(9)16)11-5-3-4-6-13(11)17/h3-8H,1-2H3. The fourth-order valence-corrected chi connectivity index (χ4v) is 2.57. The van der Waals surface area contributed by atoms with Gasteiger partial charge < -0.3 is 0 Å². The van der Waals surface area contributed by atoms with Gasteiger partial charge in [-0.3, -0.25) is 4.40 Å². The van der Waals surface area contributed by atoms with Crippen LogP contribution >= 0.6 is 15.9 Å². The summed E-state index contributed by atoms with van der Waals surface area (Å²) in [6.45, 7) is 3.91. The Morgan fingerprint density at radius 1 is 1.21 bits per heavy atom. The maximum atomic E-state index is 14.0. The molecular weight excluding hydrogens is 307 g/mol. The van der Waals surface area contributed by atoms with Crippen molar-refractivity contribution in [1.82, 2.24) is 9.38 Å². The Kier molecular flexibility index (Phi) is 2.90. The minimum atomic E-state index is -0.232. The molecule has 0 aliphatic carbocycles. The quantitative estimate of drug-likeness (QED) is 0.644. The molecule has 4 heteroatoms. The van der Waals surface area contributed by atoms with Gasteiger partial charge in [0, 0.05) is 16.2 Å². The summed E-state index contributed by atoms with van der Waals surface area (Å²) in [5.74, 6) is -0.232. The van der Waals surface area contributed by atoms with E-state index in [1.54, 1.807) is 12.1 Å². The molecule has 19 heavy (non-hydrogen) atoms. The number of benzene rings is 1. The van der Waals surface area contributed by atoms with E-state index in [4.69, 9.17) is 0 Å². The molecule has 2 nitrogen and oxygen atoms in total. The third kappa shape index (κ3) is 1.96. The van der Waals surface area contributed by atoms with Crippen LogP contribution in [0.3, 0.4) is 0 Å². The predicted molar refractivity (Wildman–Crippen MR) is 77.8 cm³/mol. The number of nitrogens with zero attached hydrogens (tertiary/aromatic N) is 2. The smallest absolute Gasteiger partial charge is 0.137 e. The predicted octanol–water partition coefficient (Wildman–Crippen LogP) is 4.52. The van der Waals surface area contributed by atoms with Crippen molar-refractivity contribution in [3.63, 3.8) is 0 Å². The van der Waals surface area contributed by atoms with Gasteiger partial charge in [0.05, 0.1) is 11.4 Å². The minimum Gasteiger partial charge on any atom is -0.298 e. The minimum absolute atomic E-state index is 0.232. The van der Waals surface area contributed by atoms with Crippen LogP contribution < -0.4 is 0 Å². The normalized spacial score (nSPS) is 11.2. The van der Waals surface area contributed by atoms with Crippen molar-refractivity contribution in [2.24, 2.45) is 0 Å². The van der Waals surface area contributed by atoms with Crippen molar-refractivity contribution >= 4 is 21.6 Å². The molecule has 0 unspecified atom stereocenters. The molecule has 96 valence electrons. The van der Waals surface area contributed by atoms with Gasteiger partial charge >= 0.3 is 0 Å². The van der Waals surface area contributed by atoms with Crippen LogP contribution in [0.5, 0.6) is 0 Å². The lowest BCUT2D eigenvalue weighted by atomic mass is 10.1. The summed E-state index contributed by atoms with van der Waals surface area (Å²) < 4.78 is 16.9. The first-order chi connectivity index (χ1) is 9.08. The van der Waals surface area contributed by atoms with Crippen LogP contribution in [0.2, 0.25) is 0 Å². The molecule has 2 heterocycles. The lowest BCUT2D eigenvalue weighted by molar-refractivity contribution is 0.630. The first kappa shape index (κ1) is 12.4. The van der Waals surface area contributed by atoms with Crippen molar-refractivity contribution in [3.05, 3.63) is 58.1 Å². The number of fused-ring (bicyclic) bond motifs is 1. The zero-order chi connectivity index (χ0) is 13.6. The van der Waals surface area contributed by atoms with Gasteiger partial charge in [-0.1, -0.05) is 12.1 Å². The molecule has 0 aliphatic heterocycles. The Morgan fingerprint density at radius 2 is 1.95 bits per heavy atom. The highest BCUT2D eigenvalue weighted by atomic mass is 79.9. The van der Waals surface area contributed by atoms with Crippen molar-refractivity contribution in [1.29, 1.82) is 0 Å². The molecule has 0 N–H and O–H groups in total. The Balaban J connectivity index is 2.38. The molecule has 0 atom stereocenters. The van der Waals surface area contributed by atoms with Gasteiger partial charge in [0.2, 0.25) is 0 Å². The molecule has 0 fully saturated rings. The highest BCUT2D eigenvalue weighted by molar-refractivity contribution is 9.10. The van der Waals surface area contributed by atoms with Crippen molar-refractivity contribution < 1.29 is 4.39 Å². The van der Waals surface area contributed by atoms with E-state index < -0.39 is 0 Å². The number of pyridine rings is 1. The van der Waals surface area contributed by atoms with Gasteiger partial charge in [-0.2, -0.15) is 0 Å². The third-order valence-corrected chi connectivity index (χ3v) is 4.04. The Labute approximate surface area is 119 Å². The number of halogens is 2.